The fraction of sp³-hybridized carbons (Fsp3) is 0.105. The van der Waals surface area contributed by atoms with Crippen LogP contribution in [0.3, 0.4) is 0 Å². The van der Waals surface area contributed by atoms with Gasteiger partial charge >= 0.3 is 5.97 Å². The third-order valence-electron chi connectivity index (χ3n) is 3.78. The molecule has 0 radical (unpaired) electrons. The summed E-state index contributed by atoms with van der Waals surface area (Å²) in [6.07, 6.45) is 0. The number of sulfonamides is 1. The number of carbonyl (C=O) groups excluding carboxylic acids is 1. The van der Waals surface area contributed by atoms with Gasteiger partial charge in [0.1, 0.15) is 11.5 Å². The Labute approximate surface area is 156 Å². The molecule has 0 amide bonds. The van der Waals surface area contributed by atoms with E-state index < -0.39 is 16.0 Å². The van der Waals surface area contributed by atoms with Gasteiger partial charge in [0, 0.05) is 11.3 Å². The Bertz CT molecular complexity index is 1040. The van der Waals surface area contributed by atoms with Crippen molar-refractivity contribution < 1.29 is 27.1 Å². The van der Waals surface area contributed by atoms with E-state index in [1.807, 2.05) is 0 Å². The van der Waals surface area contributed by atoms with Gasteiger partial charge in [-0.2, -0.15) is 0 Å². The Morgan fingerprint density at radius 2 is 1.59 bits per heavy atom. The van der Waals surface area contributed by atoms with Crippen molar-refractivity contribution in [2.24, 2.45) is 0 Å². The summed E-state index contributed by atoms with van der Waals surface area (Å²) in [5, 5.41) is 0. The summed E-state index contributed by atoms with van der Waals surface area (Å²) >= 11 is 0. The lowest BCUT2D eigenvalue weighted by atomic mass is 10.2. The normalized spacial score (nSPS) is 11.0. The summed E-state index contributed by atoms with van der Waals surface area (Å²) in [6.45, 7) is 0. The summed E-state index contributed by atoms with van der Waals surface area (Å²) in [5.74, 6) is 0.559. The molecule has 0 aliphatic rings. The number of carbonyl (C=O) groups is 1. The Morgan fingerprint density at radius 1 is 0.926 bits per heavy atom. The van der Waals surface area contributed by atoms with Crippen LogP contribution in [0, 0.1) is 0 Å². The minimum Gasteiger partial charge on any atom is -0.497 e. The van der Waals surface area contributed by atoms with E-state index in [0.717, 1.165) is 0 Å². The van der Waals surface area contributed by atoms with Gasteiger partial charge in [0.2, 0.25) is 5.76 Å². The number of furan rings is 1. The van der Waals surface area contributed by atoms with E-state index in [1.165, 1.54) is 32.4 Å². The summed E-state index contributed by atoms with van der Waals surface area (Å²) in [6, 6.07) is 15.8. The summed E-state index contributed by atoms with van der Waals surface area (Å²) < 4.78 is 42.6. The van der Waals surface area contributed by atoms with Crippen LogP contribution in [0.5, 0.6) is 5.75 Å². The lowest BCUT2D eigenvalue weighted by Crippen LogP contribution is -2.12. The number of hydrogen-bond donors (Lipinski definition) is 1. The number of anilines is 1. The van der Waals surface area contributed by atoms with Crippen molar-refractivity contribution in [2.45, 2.75) is 4.90 Å². The molecule has 3 aromatic rings. The van der Waals surface area contributed by atoms with Crippen LogP contribution in [0.15, 0.2) is 70.0 Å². The third kappa shape index (κ3) is 4.12. The van der Waals surface area contributed by atoms with Gasteiger partial charge in [-0.3, -0.25) is 4.72 Å². The quantitative estimate of drug-likeness (QED) is 0.650. The molecule has 1 N–H and O–H groups in total. The van der Waals surface area contributed by atoms with Gasteiger partial charge in [0.25, 0.3) is 10.0 Å². The van der Waals surface area contributed by atoms with Gasteiger partial charge in [0.05, 0.1) is 19.1 Å². The van der Waals surface area contributed by atoms with Crippen LogP contribution in [0.4, 0.5) is 5.69 Å². The largest absolute Gasteiger partial charge is 0.497 e. The van der Waals surface area contributed by atoms with Crippen molar-refractivity contribution >= 4 is 21.7 Å². The van der Waals surface area contributed by atoms with Crippen molar-refractivity contribution in [2.75, 3.05) is 18.9 Å². The van der Waals surface area contributed by atoms with Crippen molar-refractivity contribution in [1.82, 2.24) is 0 Å². The van der Waals surface area contributed by atoms with E-state index >= 15 is 0 Å². The minimum absolute atomic E-state index is 0.0744. The molecule has 2 aromatic carbocycles. The summed E-state index contributed by atoms with van der Waals surface area (Å²) in [4.78, 5) is 11.5. The van der Waals surface area contributed by atoms with Gasteiger partial charge in [-0.1, -0.05) is 0 Å². The first-order chi connectivity index (χ1) is 12.9. The first kappa shape index (κ1) is 18.5. The average molecular weight is 387 g/mol. The van der Waals surface area contributed by atoms with E-state index in [2.05, 4.69) is 9.46 Å². The van der Waals surface area contributed by atoms with Crippen LogP contribution in [0.25, 0.3) is 11.3 Å². The molecule has 1 heterocycles. The Balaban J connectivity index is 1.79. The highest BCUT2D eigenvalue weighted by atomic mass is 32.2. The zero-order valence-corrected chi connectivity index (χ0v) is 15.4. The number of methoxy groups -OCH3 is 2. The summed E-state index contributed by atoms with van der Waals surface area (Å²) in [5.41, 5.74) is 1.06. The SMILES string of the molecule is COC(=O)c1ccc(-c2ccc(S(=O)(=O)Nc3ccc(OC)cc3)cc2)o1. The maximum atomic E-state index is 12.5. The maximum Gasteiger partial charge on any atom is 0.373 e. The number of esters is 1. The Morgan fingerprint density at radius 3 is 2.19 bits per heavy atom. The Kier molecular flexibility index (Phi) is 5.18. The smallest absolute Gasteiger partial charge is 0.373 e. The first-order valence-corrected chi connectivity index (χ1v) is 9.37. The molecule has 8 heteroatoms. The molecular formula is C19H17NO6S. The van der Waals surface area contributed by atoms with Crippen molar-refractivity contribution in [3.63, 3.8) is 0 Å². The van der Waals surface area contributed by atoms with E-state index in [4.69, 9.17) is 9.15 Å². The summed E-state index contributed by atoms with van der Waals surface area (Å²) in [7, 11) is -0.940. The van der Waals surface area contributed by atoms with Crippen LogP contribution < -0.4 is 9.46 Å². The molecule has 0 fully saturated rings. The van der Waals surface area contributed by atoms with E-state index in [0.29, 0.717) is 22.8 Å². The lowest BCUT2D eigenvalue weighted by Gasteiger charge is -2.09. The number of benzene rings is 2. The van der Waals surface area contributed by atoms with Crippen LogP contribution in [0.1, 0.15) is 10.6 Å². The highest BCUT2D eigenvalue weighted by Gasteiger charge is 2.16. The second kappa shape index (κ2) is 7.55. The predicted octanol–water partition coefficient (Wildman–Crippen LogP) is 3.54. The third-order valence-corrected chi connectivity index (χ3v) is 5.18. The highest BCUT2D eigenvalue weighted by Crippen LogP contribution is 2.25. The molecule has 140 valence electrons. The van der Waals surface area contributed by atoms with Crippen LogP contribution >= 0.6 is 0 Å². The van der Waals surface area contributed by atoms with E-state index in [-0.39, 0.29) is 10.7 Å². The molecule has 0 aliphatic carbocycles. The van der Waals surface area contributed by atoms with E-state index in [9.17, 15) is 13.2 Å². The molecule has 0 bridgehead atoms. The van der Waals surface area contributed by atoms with Gasteiger partial charge in [0.15, 0.2) is 0 Å². The monoisotopic (exact) mass is 387 g/mol. The number of nitrogens with one attached hydrogen (secondary N) is 1. The fourth-order valence-corrected chi connectivity index (χ4v) is 3.43. The number of hydrogen-bond acceptors (Lipinski definition) is 6. The molecule has 3 rings (SSSR count). The molecule has 0 spiro atoms. The average Bonchev–Trinajstić information content (AvgIpc) is 3.18. The van der Waals surface area contributed by atoms with Crippen LogP contribution in [-0.4, -0.2) is 28.6 Å². The van der Waals surface area contributed by atoms with Crippen LogP contribution in [0.2, 0.25) is 0 Å². The van der Waals surface area contributed by atoms with Crippen LogP contribution in [-0.2, 0) is 14.8 Å². The van der Waals surface area contributed by atoms with Crippen molar-refractivity contribution in [3.8, 4) is 17.1 Å². The molecule has 7 nitrogen and oxygen atoms in total. The lowest BCUT2D eigenvalue weighted by molar-refractivity contribution is 0.0566. The highest BCUT2D eigenvalue weighted by molar-refractivity contribution is 7.92. The number of rotatable bonds is 6. The predicted molar refractivity (Wildman–Crippen MR) is 99.3 cm³/mol. The van der Waals surface area contributed by atoms with Gasteiger partial charge in [-0.15, -0.1) is 0 Å². The molecule has 0 atom stereocenters. The molecular weight excluding hydrogens is 370 g/mol. The fourth-order valence-electron chi connectivity index (χ4n) is 2.37. The van der Waals surface area contributed by atoms with Gasteiger partial charge in [-0.25, -0.2) is 13.2 Å². The molecule has 0 unspecified atom stereocenters. The maximum absolute atomic E-state index is 12.5. The van der Waals surface area contributed by atoms with Crippen molar-refractivity contribution in [3.05, 3.63) is 66.4 Å². The second-order valence-corrected chi connectivity index (χ2v) is 7.20. The number of ether oxygens (including phenoxy) is 2. The Hall–Kier alpha value is -3.26. The van der Waals surface area contributed by atoms with Crippen molar-refractivity contribution in [1.29, 1.82) is 0 Å². The second-order valence-electron chi connectivity index (χ2n) is 5.51. The minimum atomic E-state index is -3.74. The molecule has 27 heavy (non-hydrogen) atoms. The molecule has 0 saturated carbocycles. The van der Waals surface area contributed by atoms with E-state index in [1.54, 1.807) is 42.5 Å². The molecule has 0 aliphatic heterocycles. The zero-order chi connectivity index (χ0) is 19.4. The topological polar surface area (TPSA) is 94.8 Å². The first-order valence-electron chi connectivity index (χ1n) is 7.88. The standard InChI is InChI=1S/C19H17NO6S/c1-24-15-7-5-14(6-8-15)20-27(22,23)16-9-3-13(4-10-16)17-11-12-18(26-17)19(21)25-2/h3-12,20H,1-2H3. The van der Waals surface area contributed by atoms with Gasteiger partial charge < -0.3 is 13.9 Å². The molecule has 1 aromatic heterocycles. The van der Waals surface area contributed by atoms with Gasteiger partial charge in [-0.05, 0) is 60.7 Å². The zero-order valence-electron chi connectivity index (χ0n) is 14.6. The molecule has 0 saturated heterocycles.